The van der Waals surface area contributed by atoms with Gasteiger partial charge in [-0.25, -0.2) is 18.8 Å². The van der Waals surface area contributed by atoms with Crippen molar-refractivity contribution in [1.29, 1.82) is 0 Å². The van der Waals surface area contributed by atoms with E-state index < -0.39 is 11.6 Å². The second-order valence-electron chi connectivity index (χ2n) is 7.02. The van der Waals surface area contributed by atoms with Crippen LogP contribution in [0.3, 0.4) is 0 Å². The van der Waals surface area contributed by atoms with Crippen molar-refractivity contribution in [1.82, 2.24) is 15.6 Å². The van der Waals surface area contributed by atoms with Crippen LogP contribution in [0.2, 0.25) is 0 Å². The van der Waals surface area contributed by atoms with Crippen molar-refractivity contribution in [2.45, 2.75) is 33.7 Å². The van der Waals surface area contributed by atoms with Gasteiger partial charge in [0.05, 0.1) is 5.69 Å². The summed E-state index contributed by atoms with van der Waals surface area (Å²) >= 11 is 0. The second-order valence-corrected chi connectivity index (χ2v) is 7.02. The fourth-order valence-electron chi connectivity index (χ4n) is 3.25. The average Bonchev–Trinajstić information content (AvgIpc) is 3.26. The number of oxazole rings is 1. The first-order chi connectivity index (χ1) is 13.5. The Morgan fingerprint density at radius 2 is 2.07 bits per heavy atom. The van der Waals surface area contributed by atoms with Crippen LogP contribution in [-0.4, -0.2) is 37.1 Å². The van der Waals surface area contributed by atoms with E-state index in [0.717, 1.165) is 49.7 Å². The van der Waals surface area contributed by atoms with Crippen LogP contribution in [0.25, 0.3) is 0 Å². The van der Waals surface area contributed by atoms with Crippen molar-refractivity contribution in [2.24, 2.45) is 10.9 Å². The number of hydrogen-bond donors (Lipinski definition) is 2. The summed E-state index contributed by atoms with van der Waals surface area (Å²) in [5, 5.41) is 6.57. The normalized spacial score (nSPS) is 16.7. The maximum absolute atomic E-state index is 13.5. The molecule has 1 aromatic carbocycles. The van der Waals surface area contributed by atoms with E-state index in [4.69, 9.17) is 4.42 Å². The molecule has 29 heavy (non-hydrogen) atoms. The first-order valence-corrected chi connectivity index (χ1v) is 9.61. The molecule has 0 bridgehead atoms. The van der Waals surface area contributed by atoms with Gasteiger partial charge in [-0.05, 0) is 45.2 Å². The Balaban J connectivity index is 0.00000300. The minimum absolute atomic E-state index is 0. The molecule has 6 nitrogen and oxygen atoms in total. The molecule has 3 rings (SSSR count). The number of aromatic nitrogens is 1. The van der Waals surface area contributed by atoms with Crippen molar-refractivity contribution in [3.63, 3.8) is 0 Å². The number of nitrogens with one attached hydrogen (secondary N) is 2. The summed E-state index contributed by atoms with van der Waals surface area (Å²) < 4.78 is 32.2. The molecule has 0 spiro atoms. The van der Waals surface area contributed by atoms with Gasteiger partial charge >= 0.3 is 0 Å². The van der Waals surface area contributed by atoms with Crippen LogP contribution in [0, 0.1) is 31.4 Å². The molecule has 2 aromatic rings. The van der Waals surface area contributed by atoms with Crippen LogP contribution in [0.5, 0.6) is 0 Å². The van der Waals surface area contributed by atoms with E-state index >= 15 is 0 Å². The largest absolute Gasteiger partial charge is 0.444 e. The van der Waals surface area contributed by atoms with Crippen molar-refractivity contribution >= 4 is 35.6 Å². The van der Waals surface area contributed by atoms with Crippen LogP contribution in [0.15, 0.2) is 27.6 Å². The number of benzene rings is 1. The number of rotatable bonds is 6. The molecule has 1 unspecified atom stereocenters. The summed E-state index contributed by atoms with van der Waals surface area (Å²) in [6.07, 6.45) is 0.976. The van der Waals surface area contributed by atoms with Gasteiger partial charge in [0.2, 0.25) is 5.89 Å². The molecule has 1 atom stereocenters. The molecule has 0 aliphatic carbocycles. The molecule has 1 aromatic heterocycles. The minimum Gasteiger partial charge on any atom is -0.444 e. The standard InChI is InChI=1S/C20H27F2N5O.HI/c1-4-23-20(25-11-19-26-13(2)14(3)28-19)24-10-15-7-8-27(12-15)16-5-6-17(21)18(22)9-16;/h5-6,9,15H,4,7-8,10-12H2,1-3H3,(H2,23,24,25);1H. The molecule has 160 valence electrons. The van der Waals surface area contributed by atoms with Crippen molar-refractivity contribution in [3.8, 4) is 0 Å². The van der Waals surface area contributed by atoms with E-state index in [2.05, 4.69) is 25.5 Å². The van der Waals surface area contributed by atoms with Gasteiger partial charge in [0.15, 0.2) is 17.6 Å². The van der Waals surface area contributed by atoms with Crippen LogP contribution in [-0.2, 0) is 6.54 Å². The number of nitrogens with zero attached hydrogens (tertiary/aromatic N) is 3. The van der Waals surface area contributed by atoms with Crippen LogP contribution < -0.4 is 15.5 Å². The quantitative estimate of drug-likeness (QED) is 0.346. The highest BCUT2D eigenvalue weighted by atomic mass is 127. The summed E-state index contributed by atoms with van der Waals surface area (Å²) in [5.74, 6) is 0.885. The van der Waals surface area contributed by atoms with E-state index in [1.165, 1.54) is 12.1 Å². The fourth-order valence-corrected chi connectivity index (χ4v) is 3.25. The Morgan fingerprint density at radius 1 is 1.28 bits per heavy atom. The number of halogens is 3. The lowest BCUT2D eigenvalue weighted by Gasteiger charge is -2.19. The molecule has 2 N–H and O–H groups in total. The Kier molecular flexibility index (Phi) is 8.66. The second kappa shape index (κ2) is 10.7. The Morgan fingerprint density at radius 3 is 2.72 bits per heavy atom. The molecule has 0 saturated carbocycles. The van der Waals surface area contributed by atoms with Gasteiger partial charge in [0.25, 0.3) is 0 Å². The predicted molar refractivity (Wildman–Crippen MR) is 121 cm³/mol. The topological polar surface area (TPSA) is 65.7 Å². The first kappa shape index (κ1) is 23.4. The number of anilines is 1. The molecular weight excluding hydrogens is 491 g/mol. The van der Waals surface area contributed by atoms with E-state index in [0.29, 0.717) is 24.3 Å². The van der Waals surface area contributed by atoms with Crippen molar-refractivity contribution < 1.29 is 13.2 Å². The minimum atomic E-state index is -0.816. The molecule has 1 saturated heterocycles. The van der Waals surface area contributed by atoms with E-state index in [1.54, 1.807) is 6.07 Å². The summed E-state index contributed by atoms with van der Waals surface area (Å²) in [6.45, 7) is 9.28. The van der Waals surface area contributed by atoms with Gasteiger partial charge in [0.1, 0.15) is 12.3 Å². The average molecular weight is 519 g/mol. The SMILES string of the molecule is CCNC(=NCc1nc(C)c(C)o1)NCC1CCN(c2ccc(F)c(F)c2)C1.I. The molecule has 0 amide bonds. The maximum atomic E-state index is 13.5. The number of aryl methyl sites for hydroxylation is 2. The van der Waals surface area contributed by atoms with Gasteiger partial charge in [-0.2, -0.15) is 0 Å². The number of hydrogen-bond acceptors (Lipinski definition) is 4. The summed E-state index contributed by atoms with van der Waals surface area (Å²) in [4.78, 5) is 11.0. The third-order valence-electron chi connectivity index (χ3n) is 4.90. The Hall–Kier alpha value is -1.91. The lowest BCUT2D eigenvalue weighted by Crippen LogP contribution is -2.40. The first-order valence-electron chi connectivity index (χ1n) is 9.61. The molecule has 0 radical (unpaired) electrons. The van der Waals surface area contributed by atoms with Crippen molar-refractivity contribution in [3.05, 3.63) is 47.2 Å². The molecule has 1 aliphatic heterocycles. The fraction of sp³-hybridized carbons (Fsp3) is 0.500. The molecule has 9 heteroatoms. The number of aliphatic imine (C=N–C) groups is 1. The lowest BCUT2D eigenvalue weighted by atomic mass is 10.1. The molecule has 1 fully saturated rings. The highest BCUT2D eigenvalue weighted by molar-refractivity contribution is 14.0. The predicted octanol–water partition coefficient (Wildman–Crippen LogP) is 3.77. The van der Waals surface area contributed by atoms with Gasteiger partial charge < -0.3 is 20.0 Å². The Labute approximate surface area is 187 Å². The highest BCUT2D eigenvalue weighted by Gasteiger charge is 2.23. The van der Waals surface area contributed by atoms with Crippen molar-refractivity contribution in [2.75, 3.05) is 31.1 Å². The smallest absolute Gasteiger partial charge is 0.216 e. The van der Waals surface area contributed by atoms with E-state index in [9.17, 15) is 8.78 Å². The Bertz CT molecular complexity index is 823. The van der Waals surface area contributed by atoms with Crippen LogP contribution in [0.1, 0.15) is 30.7 Å². The monoisotopic (exact) mass is 519 g/mol. The van der Waals surface area contributed by atoms with Crippen LogP contribution >= 0.6 is 24.0 Å². The summed E-state index contributed by atoms with van der Waals surface area (Å²) in [5.41, 5.74) is 1.60. The van der Waals surface area contributed by atoms with E-state index in [-0.39, 0.29) is 24.0 Å². The maximum Gasteiger partial charge on any atom is 0.216 e. The summed E-state index contributed by atoms with van der Waals surface area (Å²) in [6, 6.07) is 4.06. The van der Waals surface area contributed by atoms with E-state index in [1.807, 2.05) is 20.8 Å². The molecular formula is C20H28F2IN5O. The summed E-state index contributed by atoms with van der Waals surface area (Å²) in [7, 11) is 0. The zero-order chi connectivity index (χ0) is 20.1. The van der Waals surface area contributed by atoms with Gasteiger partial charge in [-0.15, -0.1) is 24.0 Å². The molecule has 1 aliphatic rings. The lowest BCUT2D eigenvalue weighted by molar-refractivity contribution is 0.472. The highest BCUT2D eigenvalue weighted by Crippen LogP contribution is 2.25. The zero-order valence-corrected chi connectivity index (χ0v) is 19.3. The zero-order valence-electron chi connectivity index (χ0n) is 17.0. The number of guanidine groups is 1. The van der Waals surface area contributed by atoms with Gasteiger partial charge in [0, 0.05) is 37.9 Å². The third-order valence-corrected chi connectivity index (χ3v) is 4.90. The molecule has 2 heterocycles. The van der Waals surface area contributed by atoms with Crippen LogP contribution in [0.4, 0.5) is 14.5 Å². The third kappa shape index (κ3) is 6.28. The van der Waals surface area contributed by atoms with Gasteiger partial charge in [-0.3, -0.25) is 0 Å². The van der Waals surface area contributed by atoms with Gasteiger partial charge in [-0.1, -0.05) is 0 Å².